The van der Waals surface area contributed by atoms with Crippen LogP contribution in [0, 0.1) is 20.8 Å². The van der Waals surface area contributed by atoms with Gasteiger partial charge in [-0.2, -0.15) is 0 Å². The molecule has 19 heavy (non-hydrogen) atoms. The van der Waals surface area contributed by atoms with E-state index in [0.29, 0.717) is 5.02 Å². The molecule has 102 valence electrons. The minimum Gasteiger partial charge on any atom is -0.508 e. The summed E-state index contributed by atoms with van der Waals surface area (Å²) in [6.45, 7) is 5.59. The third-order valence-corrected chi connectivity index (χ3v) is 3.58. The average Bonchev–Trinajstić information content (AvgIpc) is 2.32. The van der Waals surface area contributed by atoms with Crippen molar-refractivity contribution in [1.29, 1.82) is 0 Å². The van der Waals surface area contributed by atoms with Crippen LogP contribution in [0.1, 0.15) is 16.7 Å². The molecular formula is C15H16Cl2O2. The van der Waals surface area contributed by atoms with Crippen LogP contribution < -0.4 is 0 Å². The molecule has 0 aliphatic rings. The van der Waals surface area contributed by atoms with E-state index in [0.717, 1.165) is 21.7 Å². The monoisotopic (exact) mass is 298 g/mol. The van der Waals surface area contributed by atoms with Gasteiger partial charge in [-0.1, -0.05) is 23.2 Å². The van der Waals surface area contributed by atoms with Gasteiger partial charge in [-0.05, 0) is 67.8 Å². The quantitative estimate of drug-likeness (QED) is 0.717. The van der Waals surface area contributed by atoms with Crippen LogP contribution in [-0.4, -0.2) is 10.2 Å². The number of halogens is 2. The summed E-state index contributed by atoms with van der Waals surface area (Å²) in [5.41, 5.74) is 2.73. The zero-order valence-electron chi connectivity index (χ0n) is 11.0. The van der Waals surface area contributed by atoms with Crippen molar-refractivity contribution >= 4 is 23.2 Å². The van der Waals surface area contributed by atoms with Crippen LogP contribution in [-0.2, 0) is 0 Å². The van der Waals surface area contributed by atoms with Gasteiger partial charge in [-0.15, -0.1) is 0 Å². The molecule has 0 fully saturated rings. The molecule has 0 aromatic heterocycles. The van der Waals surface area contributed by atoms with Crippen LogP contribution in [0.4, 0.5) is 0 Å². The largest absolute Gasteiger partial charge is 0.508 e. The zero-order valence-corrected chi connectivity index (χ0v) is 12.5. The number of hydrogen-bond donors (Lipinski definition) is 2. The molecule has 0 aliphatic heterocycles. The molecule has 0 bridgehead atoms. The van der Waals surface area contributed by atoms with Crippen molar-refractivity contribution < 1.29 is 10.2 Å². The second kappa shape index (κ2) is 6.69. The second-order valence-electron chi connectivity index (χ2n) is 4.33. The molecule has 0 spiro atoms. The van der Waals surface area contributed by atoms with Gasteiger partial charge in [0.05, 0.1) is 0 Å². The minimum atomic E-state index is 0.261. The van der Waals surface area contributed by atoms with Gasteiger partial charge in [0.25, 0.3) is 0 Å². The number of phenols is 2. The van der Waals surface area contributed by atoms with Crippen LogP contribution >= 0.6 is 23.2 Å². The van der Waals surface area contributed by atoms with E-state index >= 15 is 0 Å². The van der Waals surface area contributed by atoms with E-state index in [2.05, 4.69) is 0 Å². The highest BCUT2D eigenvalue weighted by molar-refractivity contribution is 6.32. The maximum Gasteiger partial charge on any atom is 0.116 e. The van der Waals surface area contributed by atoms with Gasteiger partial charge in [-0.3, -0.25) is 0 Å². The molecule has 0 heterocycles. The molecule has 0 atom stereocenters. The summed E-state index contributed by atoms with van der Waals surface area (Å²) in [7, 11) is 0. The molecule has 2 N–H and O–H groups in total. The van der Waals surface area contributed by atoms with Crippen molar-refractivity contribution in [3.63, 3.8) is 0 Å². The first-order chi connectivity index (χ1) is 8.81. The van der Waals surface area contributed by atoms with Gasteiger partial charge in [0.2, 0.25) is 0 Å². The summed E-state index contributed by atoms with van der Waals surface area (Å²) < 4.78 is 0. The van der Waals surface area contributed by atoms with Crippen molar-refractivity contribution in [2.75, 3.05) is 0 Å². The highest BCUT2D eigenvalue weighted by atomic mass is 35.5. The lowest BCUT2D eigenvalue weighted by molar-refractivity contribution is 0.474. The van der Waals surface area contributed by atoms with E-state index in [9.17, 15) is 0 Å². The van der Waals surface area contributed by atoms with E-state index in [1.807, 2.05) is 20.8 Å². The SMILES string of the molecule is Cc1cc(O)cc(C)c1Cl.Cc1cc(O)ccc1Cl. The molecule has 0 aliphatic carbocycles. The maximum atomic E-state index is 9.06. The Hall–Kier alpha value is -1.38. The highest BCUT2D eigenvalue weighted by Gasteiger charge is 1.99. The Balaban J connectivity index is 0.000000191. The maximum absolute atomic E-state index is 9.06. The number of aryl methyl sites for hydroxylation is 3. The topological polar surface area (TPSA) is 40.5 Å². The third kappa shape index (κ3) is 4.66. The Morgan fingerprint density at radius 3 is 1.63 bits per heavy atom. The van der Waals surface area contributed by atoms with Gasteiger partial charge >= 0.3 is 0 Å². The van der Waals surface area contributed by atoms with Crippen molar-refractivity contribution in [1.82, 2.24) is 0 Å². The molecule has 0 saturated carbocycles. The number of hydrogen-bond acceptors (Lipinski definition) is 2. The van der Waals surface area contributed by atoms with Gasteiger partial charge < -0.3 is 10.2 Å². The first-order valence-corrected chi connectivity index (χ1v) is 6.47. The number of aromatic hydroxyl groups is 2. The molecule has 0 saturated heterocycles. The molecule has 0 unspecified atom stereocenters. The van der Waals surface area contributed by atoms with E-state index in [1.165, 1.54) is 0 Å². The highest BCUT2D eigenvalue weighted by Crippen LogP contribution is 2.24. The lowest BCUT2D eigenvalue weighted by Gasteiger charge is -2.01. The van der Waals surface area contributed by atoms with Crippen LogP contribution in [0.25, 0.3) is 0 Å². The average molecular weight is 299 g/mol. The fraction of sp³-hybridized carbons (Fsp3) is 0.200. The van der Waals surface area contributed by atoms with Crippen LogP contribution in [0.2, 0.25) is 10.0 Å². The Morgan fingerprint density at radius 1 is 0.737 bits per heavy atom. The van der Waals surface area contributed by atoms with Gasteiger partial charge in [0.1, 0.15) is 11.5 Å². The summed E-state index contributed by atoms with van der Waals surface area (Å²) in [5.74, 6) is 0.538. The van der Waals surface area contributed by atoms with Crippen LogP contribution in [0.15, 0.2) is 30.3 Å². The summed E-state index contributed by atoms with van der Waals surface area (Å²) in [6, 6.07) is 8.16. The van der Waals surface area contributed by atoms with Gasteiger partial charge in [-0.25, -0.2) is 0 Å². The van der Waals surface area contributed by atoms with E-state index < -0.39 is 0 Å². The Morgan fingerprint density at radius 2 is 1.21 bits per heavy atom. The fourth-order valence-corrected chi connectivity index (χ4v) is 1.78. The lowest BCUT2D eigenvalue weighted by atomic mass is 10.1. The van der Waals surface area contributed by atoms with Crippen LogP contribution in [0.3, 0.4) is 0 Å². The van der Waals surface area contributed by atoms with E-state index in [4.69, 9.17) is 33.4 Å². The number of rotatable bonds is 0. The molecule has 0 amide bonds. The molecule has 0 radical (unpaired) electrons. The van der Waals surface area contributed by atoms with Crippen molar-refractivity contribution in [2.24, 2.45) is 0 Å². The normalized spacial score (nSPS) is 9.74. The van der Waals surface area contributed by atoms with E-state index in [1.54, 1.807) is 30.3 Å². The fourth-order valence-electron chi connectivity index (χ4n) is 1.55. The second-order valence-corrected chi connectivity index (χ2v) is 5.11. The summed E-state index contributed by atoms with van der Waals surface area (Å²) in [6.07, 6.45) is 0. The predicted octanol–water partition coefficient (Wildman–Crippen LogP) is 5.02. The Kier molecular flexibility index (Phi) is 5.52. The van der Waals surface area contributed by atoms with Crippen molar-refractivity contribution in [3.05, 3.63) is 57.1 Å². The standard InChI is InChI=1S/C8H9ClO.C7H7ClO/c1-5-3-7(10)4-6(2)8(5)9;1-5-4-6(9)2-3-7(5)8/h3-4,10H,1-2H3;2-4,9H,1H3. The minimum absolute atomic E-state index is 0.261. The molecule has 2 aromatic rings. The van der Waals surface area contributed by atoms with Crippen molar-refractivity contribution in [2.45, 2.75) is 20.8 Å². The van der Waals surface area contributed by atoms with Crippen LogP contribution in [0.5, 0.6) is 11.5 Å². The summed E-state index contributed by atoms with van der Waals surface area (Å²) >= 11 is 11.5. The molecule has 4 heteroatoms. The summed E-state index contributed by atoms with van der Waals surface area (Å²) in [5, 5.41) is 19.4. The Bertz CT molecular complexity index is 557. The molecule has 2 rings (SSSR count). The summed E-state index contributed by atoms with van der Waals surface area (Å²) in [4.78, 5) is 0. The van der Waals surface area contributed by atoms with Gasteiger partial charge in [0.15, 0.2) is 0 Å². The Labute approximate surface area is 123 Å². The first-order valence-electron chi connectivity index (χ1n) is 5.72. The lowest BCUT2D eigenvalue weighted by Crippen LogP contribution is -1.79. The van der Waals surface area contributed by atoms with Crippen molar-refractivity contribution in [3.8, 4) is 11.5 Å². The zero-order chi connectivity index (χ0) is 14.6. The smallest absolute Gasteiger partial charge is 0.116 e. The number of benzene rings is 2. The number of phenolic OH excluding ortho intramolecular Hbond substituents is 2. The first kappa shape index (κ1) is 15.7. The molecule has 2 aromatic carbocycles. The molecular weight excluding hydrogens is 283 g/mol. The third-order valence-electron chi connectivity index (χ3n) is 2.56. The van der Waals surface area contributed by atoms with Gasteiger partial charge in [0, 0.05) is 10.0 Å². The molecule has 2 nitrogen and oxygen atoms in total. The van der Waals surface area contributed by atoms with E-state index in [-0.39, 0.29) is 11.5 Å². The predicted molar refractivity (Wildman–Crippen MR) is 80.4 cm³/mol.